The minimum atomic E-state index is -0.910. The molecule has 4 nitrogen and oxygen atoms in total. The Balaban J connectivity index is 1.61. The van der Waals surface area contributed by atoms with Crippen LogP contribution in [0, 0.1) is 5.41 Å². The third-order valence-electron chi connectivity index (χ3n) is 6.12. The van der Waals surface area contributed by atoms with Gasteiger partial charge in [0.05, 0.1) is 5.54 Å². The highest BCUT2D eigenvalue weighted by Gasteiger charge is 2.66. The van der Waals surface area contributed by atoms with E-state index < -0.39 is 11.0 Å². The molecule has 25 heavy (non-hydrogen) atoms. The number of nitrogens with zero attached hydrogens (tertiary/aromatic N) is 1. The first-order chi connectivity index (χ1) is 11.9. The molecule has 126 valence electrons. The molecule has 2 fully saturated rings. The lowest BCUT2D eigenvalue weighted by Crippen LogP contribution is -2.61. The number of hydrogen-bond acceptors (Lipinski definition) is 3. The molecular formula is C20H16BrNO3. The van der Waals surface area contributed by atoms with Crippen LogP contribution < -0.4 is 0 Å². The van der Waals surface area contributed by atoms with E-state index in [1.165, 1.54) is 4.90 Å². The molecule has 0 aromatic carbocycles. The maximum Gasteiger partial charge on any atom is 0.258 e. The van der Waals surface area contributed by atoms with Crippen molar-refractivity contribution in [1.29, 1.82) is 0 Å². The molecule has 2 unspecified atom stereocenters. The molecule has 4 aliphatic carbocycles. The largest absolute Gasteiger partial charge is 0.299 e. The van der Waals surface area contributed by atoms with Gasteiger partial charge in [-0.05, 0) is 25.3 Å². The van der Waals surface area contributed by atoms with Crippen molar-refractivity contribution < 1.29 is 14.4 Å². The molecule has 0 spiro atoms. The molecule has 1 aliphatic heterocycles. The summed E-state index contributed by atoms with van der Waals surface area (Å²) in [6, 6.07) is 0. The van der Waals surface area contributed by atoms with Gasteiger partial charge < -0.3 is 0 Å². The Hall–Kier alpha value is -1.97. The number of allylic oxidation sites excluding steroid dienone is 3. The van der Waals surface area contributed by atoms with E-state index >= 15 is 0 Å². The number of Topliss-reactive ketones (excluding diaryl/α,β-unsaturated/α-hetero) is 1. The number of fused-ring (bicyclic) bond motifs is 3. The van der Waals surface area contributed by atoms with E-state index in [1.54, 1.807) is 0 Å². The van der Waals surface area contributed by atoms with Gasteiger partial charge in [-0.25, -0.2) is 0 Å². The summed E-state index contributed by atoms with van der Waals surface area (Å²) in [5.74, 6) is -0.353. The molecule has 0 aromatic rings. The molecule has 1 saturated heterocycles. The summed E-state index contributed by atoms with van der Waals surface area (Å²) >= 11 is 3.54. The van der Waals surface area contributed by atoms with E-state index in [9.17, 15) is 14.4 Å². The first-order valence-electron chi connectivity index (χ1n) is 8.53. The number of likely N-dealkylation sites (tertiary alicyclic amines) is 1. The van der Waals surface area contributed by atoms with E-state index in [-0.39, 0.29) is 35.3 Å². The lowest BCUT2D eigenvalue weighted by molar-refractivity contribution is -0.152. The number of carbonyl (C=O) groups is 3. The van der Waals surface area contributed by atoms with Crippen molar-refractivity contribution in [3.63, 3.8) is 0 Å². The average Bonchev–Trinajstić information content (AvgIpc) is 3.31. The maximum absolute atomic E-state index is 13.4. The Morgan fingerprint density at radius 3 is 2.64 bits per heavy atom. The van der Waals surface area contributed by atoms with Crippen molar-refractivity contribution in [1.82, 2.24) is 4.90 Å². The van der Waals surface area contributed by atoms with E-state index in [4.69, 9.17) is 0 Å². The summed E-state index contributed by atoms with van der Waals surface area (Å²) in [6.45, 7) is 1.82. The lowest BCUT2D eigenvalue weighted by atomic mass is 9.67. The molecule has 1 saturated carbocycles. The topological polar surface area (TPSA) is 54.5 Å². The van der Waals surface area contributed by atoms with Gasteiger partial charge in [0.15, 0.2) is 0 Å². The Morgan fingerprint density at radius 1 is 1.24 bits per heavy atom. The average molecular weight is 398 g/mol. The van der Waals surface area contributed by atoms with E-state index in [0.717, 1.165) is 23.1 Å². The van der Waals surface area contributed by atoms with Crippen LogP contribution in [-0.4, -0.2) is 32.9 Å². The summed E-state index contributed by atoms with van der Waals surface area (Å²) < 4.78 is 0. The van der Waals surface area contributed by atoms with Crippen LogP contribution in [0.4, 0.5) is 0 Å². The van der Waals surface area contributed by atoms with Crippen molar-refractivity contribution in [2.75, 3.05) is 0 Å². The van der Waals surface area contributed by atoms with Gasteiger partial charge in [-0.2, -0.15) is 0 Å². The van der Waals surface area contributed by atoms with E-state index in [0.29, 0.717) is 12.0 Å². The van der Waals surface area contributed by atoms with Crippen LogP contribution in [-0.2, 0) is 14.4 Å². The van der Waals surface area contributed by atoms with Crippen LogP contribution in [0.3, 0.4) is 0 Å². The Bertz CT molecular complexity index is 936. The first kappa shape index (κ1) is 15.3. The first-order valence-corrected chi connectivity index (χ1v) is 9.44. The maximum atomic E-state index is 13.4. The highest BCUT2D eigenvalue weighted by atomic mass is 79.9. The monoisotopic (exact) mass is 397 g/mol. The number of alkyl halides is 1. The number of ketones is 1. The third-order valence-corrected chi connectivity index (χ3v) is 6.80. The molecule has 0 bridgehead atoms. The standard InChI is InChI=1S/C20H16BrNO3/c1-19-15(7-2-11-8-16(11)19)17(24)22(18(19)25)20(9-14(23)10-20)12-3-5-13(21)6-4-12/h3-5,7,13H,2,6,9-10H2,1H3. The van der Waals surface area contributed by atoms with E-state index in [1.807, 2.05) is 31.2 Å². The van der Waals surface area contributed by atoms with Gasteiger partial charge in [0.1, 0.15) is 11.2 Å². The molecule has 5 heteroatoms. The SMILES string of the molecule is CC12C(=O)N(C3(C4=CCC(Br)C=C4)CC(=O)C3)C(=O)C1=CCC1=C=C12. The summed E-state index contributed by atoms with van der Waals surface area (Å²) in [4.78, 5) is 40.1. The summed E-state index contributed by atoms with van der Waals surface area (Å²) in [6.07, 6.45) is 9.78. The highest BCUT2D eigenvalue weighted by Crippen LogP contribution is 2.58. The fraction of sp³-hybridized carbons (Fsp3) is 0.400. The molecule has 1 heterocycles. The van der Waals surface area contributed by atoms with Crippen molar-refractivity contribution in [2.45, 2.75) is 43.0 Å². The van der Waals surface area contributed by atoms with Gasteiger partial charge in [-0.15, -0.1) is 5.73 Å². The van der Waals surface area contributed by atoms with Crippen molar-refractivity contribution in [3.05, 3.63) is 52.3 Å². The number of hydrogen-bond donors (Lipinski definition) is 0. The predicted octanol–water partition coefficient (Wildman–Crippen LogP) is 2.91. The van der Waals surface area contributed by atoms with Gasteiger partial charge >= 0.3 is 0 Å². The van der Waals surface area contributed by atoms with Gasteiger partial charge in [0.2, 0.25) is 5.91 Å². The fourth-order valence-corrected chi connectivity index (χ4v) is 4.96. The van der Waals surface area contributed by atoms with Gasteiger partial charge in [0.25, 0.3) is 5.91 Å². The normalized spacial score (nSPS) is 34.6. The van der Waals surface area contributed by atoms with Crippen LogP contribution in [0.25, 0.3) is 0 Å². The second kappa shape index (κ2) is 4.60. The van der Waals surface area contributed by atoms with Crippen LogP contribution >= 0.6 is 15.9 Å². The highest BCUT2D eigenvalue weighted by molar-refractivity contribution is 9.09. The molecule has 2 atom stereocenters. The molecule has 0 radical (unpaired) electrons. The molecule has 5 aliphatic rings. The molecular weight excluding hydrogens is 382 g/mol. The van der Waals surface area contributed by atoms with Crippen LogP contribution in [0.15, 0.2) is 52.3 Å². The summed E-state index contributed by atoms with van der Waals surface area (Å²) in [5.41, 5.74) is 4.84. The van der Waals surface area contributed by atoms with Crippen LogP contribution in [0.5, 0.6) is 0 Å². The molecule has 2 amide bonds. The minimum absolute atomic E-state index is 0.0920. The van der Waals surface area contributed by atoms with Gasteiger partial charge in [-0.1, -0.05) is 40.2 Å². The second-order valence-electron chi connectivity index (χ2n) is 7.57. The number of halogens is 1. The Labute approximate surface area is 153 Å². The van der Waals surface area contributed by atoms with Crippen molar-refractivity contribution in [2.24, 2.45) is 5.41 Å². The zero-order chi connectivity index (χ0) is 17.6. The minimum Gasteiger partial charge on any atom is -0.299 e. The van der Waals surface area contributed by atoms with E-state index in [2.05, 4.69) is 21.7 Å². The zero-order valence-electron chi connectivity index (χ0n) is 13.8. The lowest BCUT2D eigenvalue weighted by Gasteiger charge is -2.48. The number of imide groups is 1. The summed E-state index contributed by atoms with van der Waals surface area (Å²) in [5, 5.41) is 0. The predicted molar refractivity (Wildman–Crippen MR) is 94.7 cm³/mol. The quantitative estimate of drug-likeness (QED) is 0.408. The zero-order valence-corrected chi connectivity index (χ0v) is 15.4. The van der Waals surface area contributed by atoms with Crippen molar-refractivity contribution >= 4 is 33.5 Å². The Morgan fingerprint density at radius 2 is 2.00 bits per heavy atom. The molecule has 5 rings (SSSR count). The summed E-state index contributed by atoms with van der Waals surface area (Å²) in [7, 11) is 0. The van der Waals surface area contributed by atoms with Gasteiger partial charge in [0, 0.05) is 34.4 Å². The van der Waals surface area contributed by atoms with Gasteiger partial charge in [-0.3, -0.25) is 19.3 Å². The number of amides is 2. The molecule has 0 aromatic heterocycles. The Kier molecular flexibility index (Phi) is 2.81. The van der Waals surface area contributed by atoms with Crippen LogP contribution in [0.1, 0.15) is 32.6 Å². The smallest absolute Gasteiger partial charge is 0.258 e. The second-order valence-corrected chi connectivity index (χ2v) is 8.74. The number of rotatable bonds is 2. The fourth-order valence-electron chi connectivity index (χ4n) is 4.62. The number of carbonyl (C=O) groups excluding carboxylic acids is 3. The molecule has 0 N–H and O–H groups in total. The van der Waals surface area contributed by atoms with Crippen LogP contribution in [0.2, 0.25) is 0 Å². The third kappa shape index (κ3) is 1.75. The van der Waals surface area contributed by atoms with Crippen molar-refractivity contribution in [3.8, 4) is 0 Å².